The van der Waals surface area contributed by atoms with Crippen LogP contribution in [0.25, 0.3) is 0 Å². The average Bonchev–Trinajstić information content (AvgIpc) is 2.34. The van der Waals surface area contributed by atoms with Gasteiger partial charge in [-0.15, -0.1) is 0 Å². The zero-order chi connectivity index (χ0) is 14.9. The van der Waals surface area contributed by atoms with Gasteiger partial charge in [0.25, 0.3) is 0 Å². The number of ketones is 2. The van der Waals surface area contributed by atoms with Gasteiger partial charge in [0.1, 0.15) is 0 Å². The molecule has 1 N–H and O–H groups in total. The molecule has 2 rings (SSSR count). The molecular formula is C13H19N3O4. The number of nitrogens with one attached hydrogen (secondary N) is 1. The molecule has 0 aromatic carbocycles. The molecule has 2 aliphatic heterocycles. The number of Topliss-reactive ketones (excluding diaryl/α,β-unsaturated/α-hetero) is 2. The maximum atomic E-state index is 11.5. The number of hydrogen-bond acceptors (Lipinski definition) is 6. The summed E-state index contributed by atoms with van der Waals surface area (Å²) in [6, 6.07) is -0.175. The van der Waals surface area contributed by atoms with Crippen molar-refractivity contribution in [2.45, 2.75) is 32.4 Å². The van der Waals surface area contributed by atoms with Gasteiger partial charge in [0.05, 0.1) is 32.6 Å². The van der Waals surface area contributed by atoms with Crippen molar-refractivity contribution >= 4 is 23.4 Å². The standard InChI is InChI=1S/C13H19N3O4/c1-8(15-4-10(17)3-11(18)5-15)9(2)16-6-12(19)14-13(20)7-16/h8-9H,3-7H2,1-2H3,(H,14,19,20)/t8-,9+/m1/s1. The van der Waals surface area contributed by atoms with E-state index in [1.54, 1.807) is 4.90 Å². The van der Waals surface area contributed by atoms with Gasteiger partial charge in [-0.25, -0.2) is 0 Å². The van der Waals surface area contributed by atoms with E-state index in [-0.39, 0.29) is 68.1 Å². The number of rotatable bonds is 3. The molecule has 0 bridgehead atoms. The van der Waals surface area contributed by atoms with Gasteiger partial charge in [-0.1, -0.05) is 0 Å². The van der Waals surface area contributed by atoms with Crippen LogP contribution in [0.1, 0.15) is 20.3 Å². The molecule has 0 radical (unpaired) electrons. The van der Waals surface area contributed by atoms with Crippen LogP contribution in [-0.2, 0) is 19.2 Å². The molecule has 0 spiro atoms. The molecule has 20 heavy (non-hydrogen) atoms. The Kier molecular flexibility index (Phi) is 4.29. The van der Waals surface area contributed by atoms with Crippen LogP contribution in [0, 0.1) is 0 Å². The first-order chi connectivity index (χ1) is 9.36. The lowest BCUT2D eigenvalue weighted by atomic mass is 10.0. The number of hydrogen-bond donors (Lipinski definition) is 1. The molecule has 2 amide bonds. The highest BCUT2D eigenvalue weighted by Gasteiger charge is 2.34. The summed E-state index contributed by atoms with van der Waals surface area (Å²) in [5, 5.41) is 2.26. The summed E-state index contributed by atoms with van der Waals surface area (Å²) in [5.74, 6) is -0.780. The summed E-state index contributed by atoms with van der Waals surface area (Å²) in [4.78, 5) is 49.4. The first kappa shape index (κ1) is 14.8. The number of piperazine rings is 1. The Labute approximate surface area is 117 Å². The Morgan fingerprint density at radius 2 is 1.20 bits per heavy atom. The number of imide groups is 1. The van der Waals surface area contributed by atoms with Crippen molar-refractivity contribution in [3.05, 3.63) is 0 Å². The number of likely N-dealkylation sites (tertiary alicyclic amines) is 1. The Balaban J connectivity index is 2.02. The topological polar surface area (TPSA) is 86.8 Å². The monoisotopic (exact) mass is 281 g/mol. The van der Waals surface area contributed by atoms with Crippen molar-refractivity contribution < 1.29 is 19.2 Å². The van der Waals surface area contributed by atoms with Crippen LogP contribution in [0.4, 0.5) is 0 Å². The molecule has 2 saturated heterocycles. The lowest BCUT2D eigenvalue weighted by Gasteiger charge is -2.40. The number of piperidine rings is 1. The van der Waals surface area contributed by atoms with E-state index >= 15 is 0 Å². The van der Waals surface area contributed by atoms with Crippen molar-refractivity contribution in [1.82, 2.24) is 15.1 Å². The van der Waals surface area contributed by atoms with E-state index in [1.807, 2.05) is 18.7 Å². The lowest BCUT2D eigenvalue weighted by Crippen LogP contribution is -2.60. The molecule has 0 aliphatic carbocycles. The van der Waals surface area contributed by atoms with E-state index in [4.69, 9.17) is 0 Å². The quantitative estimate of drug-likeness (QED) is 0.504. The summed E-state index contributed by atoms with van der Waals surface area (Å²) in [5.41, 5.74) is 0. The highest BCUT2D eigenvalue weighted by Crippen LogP contribution is 2.15. The third kappa shape index (κ3) is 3.29. The van der Waals surface area contributed by atoms with Crippen LogP contribution in [0.5, 0.6) is 0 Å². The zero-order valence-corrected chi connectivity index (χ0v) is 11.7. The van der Waals surface area contributed by atoms with Gasteiger partial charge in [0.15, 0.2) is 11.6 Å². The van der Waals surface area contributed by atoms with E-state index in [0.29, 0.717) is 0 Å². The second kappa shape index (κ2) is 5.80. The van der Waals surface area contributed by atoms with Crippen LogP contribution < -0.4 is 5.32 Å². The Morgan fingerprint density at radius 3 is 1.65 bits per heavy atom. The Hall–Kier alpha value is -1.60. The van der Waals surface area contributed by atoms with Crippen LogP contribution in [0.3, 0.4) is 0 Å². The number of nitrogens with zero attached hydrogens (tertiary/aromatic N) is 2. The maximum Gasteiger partial charge on any atom is 0.240 e. The number of carbonyl (C=O) groups is 4. The van der Waals surface area contributed by atoms with Gasteiger partial charge in [0.2, 0.25) is 11.8 Å². The lowest BCUT2D eigenvalue weighted by molar-refractivity contribution is -0.140. The summed E-state index contributed by atoms with van der Waals surface area (Å²) in [6.45, 7) is 4.64. The first-order valence-electron chi connectivity index (χ1n) is 6.71. The maximum absolute atomic E-state index is 11.5. The van der Waals surface area contributed by atoms with E-state index in [1.165, 1.54) is 0 Å². The first-order valence-corrected chi connectivity index (χ1v) is 6.71. The second-order valence-electron chi connectivity index (χ2n) is 5.52. The fourth-order valence-electron chi connectivity index (χ4n) is 2.69. The van der Waals surface area contributed by atoms with Gasteiger partial charge in [-0.3, -0.25) is 34.3 Å². The molecule has 0 aromatic rings. The van der Waals surface area contributed by atoms with Crippen molar-refractivity contribution in [2.75, 3.05) is 26.2 Å². The van der Waals surface area contributed by atoms with Crippen molar-refractivity contribution in [3.8, 4) is 0 Å². The van der Waals surface area contributed by atoms with Gasteiger partial charge in [-0.2, -0.15) is 0 Å². The third-order valence-electron chi connectivity index (χ3n) is 3.98. The smallest absolute Gasteiger partial charge is 0.240 e. The normalized spacial score (nSPS) is 25.5. The zero-order valence-electron chi connectivity index (χ0n) is 11.7. The average molecular weight is 281 g/mol. The minimum Gasteiger partial charge on any atom is -0.298 e. The van der Waals surface area contributed by atoms with Gasteiger partial charge in [-0.05, 0) is 13.8 Å². The molecule has 0 saturated carbocycles. The minimum absolute atomic E-state index is 0.0161. The van der Waals surface area contributed by atoms with Crippen molar-refractivity contribution in [2.24, 2.45) is 0 Å². The van der Waals surface area contributed by atoms with E-state index < -0.39 is 0 Å². The predicted molar refractivity (Wildman–Crippen MR) is 69.9 cm³/mol. The molecule has 7 heteroatoms. The third-order valence-corrected chi connectivity index (χ3v) is 3.98. The molecule has 7 nitrogen and oxygen atoms in total. The van der Waals surface area contributed by atoms with Gasteiger partial charge < -0.3 is 0 Å². The highest BCUT2D eigenvalue weighted by molar-refractivity contribution is 6.03. The second-order valence-corrected chi connectivity index (χ2v) is 5.52. The predicted octanol–water partition coefficient (Wildman–Crippen LogP) is -1.43. The fraction of sp³-hybridized carbons (Fsp3) is 0.692. The van der Waals surface area contributed by atoms with Crippen LogP contribution in [-0.4, -0.2) is 71.4 Å². The number of amides is 2. The van der Waals surface area contributed by atoms with E-state index in [0.717, 1.165) is 0 Å². The fourth-order valence-corrected chi connectivity index (χ4v) is 2.69. The number of carbonyl (C=O) groups excluding carboxylic acids is 4. The van der Waals surface area contributed by atoms with Crippen LogP contribution in [0.2, 0.25) is 0 Å². The molecule has 2 atom stereocenters. The molecule has 2 fully saturated rings. The van der Waals surface area contributed by atoms with Gasteiger partial charge >= 0.3 is 0 Å². The van der Waals surface area contributed by atoms with Gasteiger partial charge in [0, 0.05) is 12.1 Å². The van der Waals surface area contributed by atoms with Crippen molar-refractivity contribution in [3.63, 3.8) is 0 Å². The minimum atomic E-state index is -0.314. The van der Waals surface area contributed by atoms with Crippen LogP contribution >= 0.6 is 0 Å². The Bertz CT molecular complexity index is 389. The van der Waals surface area contributed by atoms with Crippen molar-refractivity contribution in [1.29, 1.82) is 0 Å². The summed E-state index contributed by atoms with van der Waals surface area (Å²) in [7, 11) is 0. The SMILES string of the molecule is C[C@H]([C@H](C)N1CC(=O)NC(=O)C1)N1CC(=O)CC(=O)C1. The van der Waals surface area contributed by atoms with E-state index in [2.05, 4.69) is 5.32 Å². The molecule has 110 valence electrons. The Morgan fingerprint density at radius 1 is 0.800 bits per heavy atom. The summed E-state index contributed by atoms with van der Waals surface area (Å²) in [6.07, 6.45) is 0.0161. The molecule has 2 aliphatic rings. The molecule has 0 aromatic heterocycles. The van der Waals surface area contributed by atoms with E-state index in [9.17, 15) is 19.2 Å². The highest BCUT2D eigenvalue weighted by atomic mass is 16.2. The van der Waals surface area contributed by atoms with Crippen LogP contribution in [0.15, 0.2) is 0 Å². The summed E-state index contributed by atoms with van der Waals surface area (Å²) < 4.78 is 0. The largest absolute Gasteiger partial charge is 0.298 e. The molecule has 0 unspecified atom stereocenters. The summed E-state index contributed by atoms with van der Waals surface area (Å²) >= 11 is 0. The molecular weight excluding hydrogens is 262 g/mol. The molecule has 2 heterocycles.